The Morgan fingerprint density at radius 1 is 0.950 bits per heavy atom. The van der Waals surface area contributed by atoms with Crippen LogP contribution in [0.3, 0.4) is 0 Å². The third-order valence-electron chi connectivity index (χ3n) is 7.15. The van der Waals surface area contributed by atoms with Crippen LogP contribution in [0.1, 0.15) is 72.6 Å². The maximum absolute atomic E-state index is 2.60. The van der Waals surface area contributed by atoms with Crippen molar-refractivity contribution in [3.63, 3.8) is 0 Å². The van der Waals surface area contributed by atoms with E-state index in [1.807, 2.05) is 0 Å². The third kappa shape index (κ3) is 2.25. The summed E-state index contributed by atoms with van der Waals surface area (Å²) in [6.45, 7) is 11.3. The first-order valence-electron chi connectivity index (χ1n) is 8.90. The summed E-state index contributed by atoms with van der Waals surface area (Å²) in [5.41, 5.74) is 1.90. The summed E-state index contributed by atoms with van der Waals surface area (Å²) in [6, 6.07) is 0. The first-order valence-corrected chi connectivity index (χ1v) is 8.90. The quantitative estimate of drug-likeness (QED) is 0.644. The number of rotatable bonds is 4. The molecular weight excluding hydrogens is 242 g/mol. The minimum Gasteiger partial charge on any atom is -0.324 e. The highest BCUT2D eigenvalue weighted by molar-refractivity contribution is 5.11. The van der Waals surface area contributed by atoms with Gasteiger partial charge in [0.1, 0.15) is 5.54 Å². The fourth-order valence-electron chi connectivity index (χ4n) is 6.88. The molecule has 1 nitrogen and oxygen atoms in total. The molecule has 4 rings (SSSR count). The Hall–Kier alpha value is -0.0400. The average molecular weight is 279 g/mol. The Kier molecular flexibility index (Phi) is 3.16. The summed E-state index contributed by atoms with van der Waals surface area (Å²) >= 11 is 0. The van der Waals surface area contributed by atoms with E-state index in [2.05, 4.69) is 41.8 Å². The van der Waals surface area contributed by atoms with Crippen molar-refractivity contribution < 1.29 is 4.48 Å². The van der Waals surface area contributed by atoms with E-state index in [1.54, 1.807) is 0 Å². The molecule has 0 aromatic carbocycles. The van der Waals surface area contributed by atoms with Crippen molar-refractivity contribution in [2.24, 2.45) is 22.7 Å². The van der Waals surface area contributed by atoms with Crippen LogP contribution in [-0.2, 0) is 0 Å². The van der Waals surface area contributed by atoms with Gasteiger partial charge in [-0.2, -0.15) is 0 Å². The van der Waals surface area contributed by atoms with E-state index in [-0.39, 0.29) is 0 Å². The fraction of sp³-hybridized carbons (Fsp3) is 1.00. The van der Waals surface area contributed by atoms with Gasteiger partial charge in [-0.1, -0.05) is 27.7 Å². The summed E-state index contributed by atoms with van der Waals surface area (Å²) in [6.07, 6.45) is 10.4. The van der Waals surface area contributed by atoms with Crippen molar-refractivity contribution in [2.75, 3.05) is 20.6 Å². The zero-order valence-corrected chi connectivity index (χ0v) is 14.8. The topological polar surface area (TPSA) is 0 Å². The lowest BCUT2D eigenvalue weighted by Gasteiger charge is -2.68. The monoisotopic (exact) mass is 278 g/mol. The van der Waals surface area contributed by atoms with Crippen LogP contribution in [-0.4, -0.2) is 30.7 Å². The largest absolute Gasteiger partial charge is 0.324 e. The second-order valence-corrected chi connectivity index (χ2v) is 10.4. The van der Waals surface area contributed by atoms with E-state index in [0.29, 0.717) is 16.4 Å². The van der Waals surface area contributed by atoms with E-state index in [0.717, 1.165) is 11.8 Å². The maximum Gasteiger partial charge on any atom is 0.100 e. The van der Waals surface area contributed by atoms with Gasteiger partial charge in [0.2, 0.25) is 0 Å². The molecule has 0 radical (unpaired) electrons. The van der Waals surface area contributed by atoms with Crippen LogP contribution in [0.4, 0.5) is 0 Å². The van der Waals surface area contributed by atoms with E-state index in [4.69, 9.17) is 0 Å². The van der Waals surface area contributed by atoms with Crippen LogP contribution in [0.2, 0.25) is 0 Å². The smallest absolute Gasteiger partial charge is 0.100 e. The van der Waals surface area contributed by atoms with Gasteiger partial charge >= 0.3 is 0 Å². The maximum atomic E-state index is 2.60. The van der Waals surface area contributed by atoms with E-state index in [1.165, 1.54) is 56.0 Å². The van der Waals surface area contributed by atoms with Crippen molar-refractivity contribution in [2.45, 2.75) is 78.2 Å². The van der Waals surface area contributed by atoms with Gasteiger partial charge < -0.3 is 4.48 Å². The van der Waals surface area contributed by atoms with Gasteiger partial charge in [-0.15, -0.1) is 0 Å². The van der Waals surface area contributed by atoms with Gasteiger partial charge in [-0.25, -0.2) is 0 Å². The molecule has 4 fully saturated rings. The van der Waals surface area contributed by atoms with Crippen molar-refractivity contribution in [3.05, 3.63) is 0 Å². The van der Waals surface area contributed by atoms with Gasteiger partial charge in [0, 0.05) is 19.3 Å². The molecule has 0 heterocycles. The third-order valence-corrected chi connectivity index (χ3v) is 7.15. The van der Waals surface area contributed by atoms with E-state index < -0.39 is 0 Å². The molecule has 0 N–H and O–H groups in total. The predicted octanol–water partition coefficient (Wildman–Crippen LogP) is 4.86. The lowest BCUT2D eigenvalue weighted by atomic mass is 9.42. The van der Waals surface area contributed by atoms with Gasteiger partial charge in [0.05, 0.1) is 20.6 Å². The minimum atomic E-state index is 0.595. The number of hydrogen-bond acceptors (Lipinski definition) is 0. The molecule has 4 saturated carbocycles. The second-order valence-electron chi connectivity index (χ2n) is 10.4. The van der Waals surface area contributed by atoms with Crippen molar-refractivity contribution in [1.82, 2.24) is 0 Å². The molecular formula is C19H36N+. The predicted molar refractivity (Wildman–Crippen MR) is 86.6 cm³/mol. The lowest BCUT2D eigenvalue weighted by Crippen LogP contribution is -2.70. The van der Waals surface area contributed by atoms with Crippen LogP contribution in [0, 0.1) is 22.7 Å². The van der Waals surface area contributed by atoms with Crippen molar-refractivity contribution in [1.29, 1.82) is 0 Å². The van der Waals surface area contributed by atoms with Crippen LogP contribution in [0.5, 0.6) is 0 Å². The summed E-state index contributed by atoms with van der Waals surface area (Å²) < 4.78 is 1.28. The molecule has 0 aliphatic heterocycles. The van der Waals surface area contributed by atoms with E-state index >= 15 is 0 Å². The molecule has 4 aliphatic rings. The molecule has 116 valence electrons. The zero-order valence-electron chi connectivity index (χ0n) is 14.8. The summed E-state index contributed by atoms with van der Waals surface area (Å²) in [5, 5.41) is 0. The first kappa shape index (κ1) is 14.9. The molecule has 0 spiro atoms. The van der Waals surface area contributed by atoms with Crippen LogP contribution in [0.25, 0.3) is 0 Å². The van der Waals surface area contributed by atoms with E-state index in [9.17, 15) is 0 Å². The molecule has 1 heteroatoms. The highest BCUT2D eigenvalue weighted by atomic mass is 15.4. The Morgan fingerprint density at radius 2 is 1.50 bits per heavy atom. The average Bonchev–Trinajstić information content (AvgIpc) is 2.21. The Bertz CT molecular complexity index is 377. The number of nitrogens with zero attached hydrogens (tertiary/aromatic N) is 1. The molecule has 0 aromatic rings. The number of hydrogen-bond donors (Lipinski definition) is 0. The Labute approximate surface area is 126 Å². The van der Waals surface area contributed by atoms with Gasteiger partial charge in [0.25, 0.3) is 0 Å². The van der Waals surface area contributed by atoms with Gasteiger partial charge in [-0.05, 0) is 48.3 Å². The molecule has 4 bridgehead atoms. The molecule has 20 heavy (non-hydrogen) atoms. The van der Waals surface area contributed by atoms with Crippen LogP contribution < -0.4 is 0 Å². The molecule has 2 unspecified atom stereocenters. The molecule has 4 aliphatic carbocycles. The summed E-state index contributed by atoms with van der Waals surface area (Å²) in [7, 11) is 5.09. The standard InChI is InChI=1S/C19H36N/c1-15(2)7-8-20(5,6)19-11-16-9-17(3,13-19)12-18(4,10-16)14-19/h15-16H,7-14H2,1-6H3/q+1. The summed E-state index contributed by atoms with van der Waals surface area (Å²) in [4.78, 5) is 0. The molecule has 2 atom stereocenters. The molecule has 0 aromatic heterocycles. The lowest BCUT2D eigenvalue weighted by molar-refractivity contribution is -0.949. The number of quaternary nitrogens is 1. The van der Waals surface area contributed by atoms with Crippen LogP contribution in [0.15, 0.2) is 0 Å². The highest BCUT2D eigenvalue weighted by Gasteiger charge is 2.65. The highest BCUT2D eigenvalue weighted by Crippen LogP contribution is 2.68. The minimum absolute atomic E-state index is 0.595. The Morgan fingerprint density at radius 3 is 1.95 bits per heavy atom. The van der Waals surface area contributed by atoms with Crippen molar-refractivity contribution >= 4 is 0 Å². The van der Waals surface area contributed by atoms with Crippen LogP contribution >= 0.6 is 0 Å². The zero-order chi connectivity index (χ0) is 14.8. The Balaban J connectivity index is 1.88. The van der Waals surface area contributed by atoms with Gasteiger partial charge in [-0.3, -0.25) is 0 Å². The normalized spacial score (nSPS) is 47.2. The SMILES string of the molecule is CC(C)CC[N+](C)(C)C12CC3CC(C)(CC(C)(C3)C1)C2. The van der Waals surface area contributed by atoms with Crippen molar-refractivity contribution in [3.8, 4) is 0 Å². The first-order chi connectivity index (χ1) is 9.07. The summed E-state index contributed by atoms with van der Waals surface area (Å²) in [5.74, 6) is 1.87. The van der Waals surface area contributed by atoms with Gasteiger partial charge in [0.15, 0.2) is 0 Å². The fourth-order valence-corrected chi connectivity index (χ4v) is 6.88. The molecule has 0 amide bonds. The second kappa shape index (κ2) is 4.24. The molecule has 0 saturated heterocycles.